The second-order valence-corrected chi connectivity index (χ2v) is 4.59. The fourth-order valence-electron chi connectivity index (χ4n) is 2.17. The summed E-state index contributed by atoms with van der Waals surface area (Å²) in [6.07, 6.45) is 5.34. The molecule has 2 heterocycles. The maximum absolute atomic E-state index is 8.79. The highest BCUT2D eigenvalue weighted by atomic mass is 16.5. The highest BCUT2D eigenvalue weighted by Gasteiger charge is 2.23. The van der Waals surface area contributed by atoms with Crippen molar-refractivity contribution in [3.8, 4) is 0 Å². The van der Waals surface area contributed by atoms with Crippen molar-refractivity contribution in [1.82, 2.24) is 15.1 Å². The molecular weight excluding hydrogens is 218 g/mol. The minimum atomic E-state index is 0.130. The second kappa shape index (κ2) is 6.14. The highest BCUT2D eigenvalue weighted by molar-refractivity contribution is 5.03. The Morgan fingerprint density at radius 2 is 2.53 bits per heavy atom. The molecule has 2 atom stereocenters. The quantitative estimate of drug-likeness (QED) is 0.754. The topological polar surface area (TPSA) is 59.3 Å². The summed E-state index contributed by atoms with van der Waals surface area (Å²) in [6.45, 7) is 5.54. The number of nitrogens with one attached hydrogen (secondary N) is 1. The Morgan fingerprint density at radius 3 is 3.24 bits per heavy atom. The molecule has 0 aromatic carbocycles. The summed E-state index contributed by atoms with van der Waals surface area (Å²) in [7, 11) is 0. The number of aromatic nitrogens is 2. The Hall–Kier alpha value is -0.910. The van der Waals surface area contributed by atoms with Gasteiger partial charge in [0.25, 0.3) is 0 Å². The first-order valence-corrected chi connectivity index (χ1v) is 6.24. The molecule has 5 nitrogen and oxygen atoms in total. The van der Waals surface area contributed by atoms with Gasteiger partial charge >= 0.3 is 0 Å². The molecule has 5 heteroatoms. The lowest BCUT2D eigenvalue weighted by molar-refractivity contribution is 0.105. The molecule has 2 unspecified atom stereocenters. The number of aliphatic hydroxyl groups excluding tert-OH is 1. The van der Waals surface area contributed by atoms with Gasteiger partial charge in [0.05, 0.1) is 25.5 Å². The van der Waals surface area contributed by atoms with Gasteiger partial charge in [-0.25, -0.2) is 0 Å². The number of aliphatic hydroxyl groups is 1. The number of hydrogen-bond donors (Lipinski definition) is 2. The standard InChI is InChI=1S/C12H21N3O2/c1-10-12(2-5-17-10)8-13-6-11-7-14-15(9-11)3-4-16/h7,9-10,12-13,16H,2-6,8H2,1H3. The van der Waals surface area contributed by atoms with E-state index in [0.29, 0.717) is 18.6 Å². The van der Waals surface area contributed by atoms with Crippen molar-refractivity contribution in [3.63, 3.8) is 0 Å². The van der Waals surface area contributed by atoms with Crippen molar-refractivity contribution < 1.29 is 9.84 Å². The third kappa shape index (κ3) is 3.52. The summed E-state index contributed by atoms with van der Waals surface area (Å²) < 4.78 is 7.28. The number of rotatable bonds is 6. The van der Waals surface area contributed by atoms with E-state index in [9.17, 15) is 0 Å². The lowest BCUT2D eigenvalue weighted by Gasteiger charge is -2.14. The maximum atomic E-state index is 8.79. The van der Waals surface area contributed by atoms with E-state index in [1.165, 1.54) is 0 Å². The maximum Gasteiger partial charge on any atom is 0.0640 e. The van der Waals surface area contributed by atoms with E-state index < -0.39 is 0 Å². The van der Waals surface area contributed by atoms with E-state index in [1.807, 2.05) is 12.4 Å². The van der Waals surface area contributed by atoms with Crippen LogP contribution in [0.4, 0.5) is 0 Å². The van der Waals surface area contributed by atoms with Crippen LogP contribution in [-0.2, 0) is 17.8 Å². The van der Waals surface area contributed by atoms with Crippen molar-refractivity contribution in [2.45, 2.75) is 32.5 Å². The summed E-state index contributed by atoms with van der Waals surface area (Å²) in [5.41, 5.74) is 1.16. The third-order valence-electron chi connectivity index (χ3n) is 3.28. The van der Waals surface area contributed by atoms with Crippen LogP contribution in [0, 0.1) is 5.92 Å². The lowest BCUT2D eigenvalue weighted by Crippen LogP contribution is -2.26. The van der Waals surface area contributed by atoms with Crippen LogP contribution in [0.25, 0.3) is 0 Å². The molecular formula is C12H21N3O2. The zero-order valence-electron chi connectivity index (χ0n) is 10.3. The smallest absolute Gasteiger partial charge is 0.0640 e. The van der Waals surface area contributed by atoms with Crippen molar-refractivity contribution in [3.05, 3.63) is 18.0 Å². The fourth-order valence-corrected chi connectivity index (χ4v) is 2.17. The average Bonchev–Trinajstić information content (AvgIpc) is 2.90. The van der Waals surface area contributed by atoms with Crippen LogP contribution in [0.15, 0.2) is 12.4 Å². The molecule has 1 fully saturated rings. The van der Waals surface area contributed by atoms with E-state index in [1.54, 1.807) is 4.68 Å². The van der Waals surface area contributed by atoms with Gasteiger partial charge in [0.1, 0.15) is 0 Å². The SMILES string of the molecule is CC1OCCC1CNCc1cnn(CCO)c1. The normalized spacial score (nSPS) is 24.4. The van der Waals surface area contributed by atoms with Gasteiger partial charge < -0.3 is 15.2 Å². The Morgan fingerprint density at radius 1 is 1.65 bits per heavy atom. The van der Waals surface area contributed by atoms with E-state index in [0.717, 1.165) is 31.7 Å². The molecule has 0 amide bonds. The first-order valence-electron chi connectivity index (χ1n) is 6.24. The first-order chi connectivity index (χ1) is 8.29. The van der Waals surface area contributed by atoms with Gasteiger partial charge in [0.15, 0.2) is 0 Å². The van der Waals surface area contributed by atoms with E-state index in [4.69, 9.17) is 9.84 Å². The summed E-state index contributed by atoms with van der Waals surface area (Å²) in [5, 5.41) is 16.4. The summed E-state index contributed by atoms with van der Waals surface area (Å²) >= 11 is 0. The number of hydrogen-bond acceptors (Lipinski definition) is 4. The molecule has 17 heavy (non-hydrogen) atoms. The lowest BCUT2D eigenvalue weighted by atomic mass is 10.0. The molecule has 1 aliphatic rings. The zero-order chi connectivity index (χ0) is 12.1. The van der Waals surface area contributed by atoms with Crippen LogP contribution in [0.3, 0.4) is 0 Å². The molecule has 1 aromatic heterocycles. The predicted octanol–water partition coefficient (Wildman–Crippen LogP) is 0.390. The zero-order valence-corrected chi connectivity index (χ0v) is 10.3. The number of nitrogens with zero attached hydrogens (tertiary/aromatic N) is 2. The summed E-state index contributed by atoms with van der Waals surface area (Å²) in [4.78, 5) is 0. The van der Waals surface area contributed by atoms with Gasteiger partial charge in [-0.3, -0.25) is 4.68 Å². The monoisotopic (exact) mass is 239 g/mol. The van der Waals surface area contributed by atoms with Gasteiger partial charge in [-0.05, 0) is 19.3 Å². The summed E-state index contributed by atoms with van der Waals surface area (Å²) in [6, 6.07) is 0. The summed E-state index contributed by atoms with van der Waals surface area (Å²) in [5.74, 6) is 0.627. The second-order valence-electron chi connectivity index (χ2n) is 4.59. The van der Waals surface area contributed by atoms with E-state index >= 15 is 0 Å². The van der Waals surface area contributed by atoms with Crippen LogP contribution in [-0.4, -0.2) is 40.7 Å². The Balaban J connectivity index is 1.70. The minimum absolute atomic E-state index is 0.130. The van der Waals surface area contributed by atoms with Gasteiger partial charge in [-0.15, -0.1) is 0 Å². The average molecular weight is 239 g/mol. The third-order valence-corrected chi connectivity index (χ3v) is 3.28. The van der Waals surface area contributed by atoms with Crippen molar-refractivity contribution in [2.75, 3.05) is 19.8 Å². The largest absolute Gasteiger partial charge is 0.394 e. The van der Waals surface area contributed by atoms with Crippen molar-refractivity contribution >= 4 is 0 Å². The van der Waals surface area contributed by atoms with Crippen LogP contribution < -0.4 is 5.32 Å². The molecule has 96 valence electrons. The van der Waals surface area contributed by atoms with Gasteiger partial charge in [-0.1, -0.05) is 0 Å². The van der Waals surface area contributed by atoms with Gasteiger partial charge in [0, 0.05) is 31.5 Å². The van der Waals surface area contributed by atoms with Gasteiger partial charge in [-0.2, -0.15) is 5.10 Å². The van der Waals surface area contributed by atoms with Crippen molar-refractivity contribution in [2.24, 2.45) is 5.92 Å². The molecule has 0 aliphatic carbocycles. The van der Waals surface area contributed by atoms with Crippen LogP contribution >= 0.6 is 0 Å². The molecule has 1 saturated heterocycles. The Labute approximate surface area is 102 Å². The molecule has 1 aromatic rings. The molecule has 1 aliphatic heterocycles. The highest BCUT2D eigenvalue weighted by Crippen LogP contribution is 2.19. The molecule has 0 spiro atoms. The molecule has 0 radical (unpaired) electrons. The van der Waals surface area contributed by atoms with Crippen LogP contribution in [0.1, 0.15) is 18.9 Å². The van der Waals surface area contributed by atoms with E-state index in [-0.39, 0.29) is 6.61 Å². The van der Waals surface area contributed by atoms with E-state index in [2.05, 4.69) is 17.3 Å². The number of ether oxygens (including phenoxy) is 1. The molecule has 0 saturated carbocycles. The van der Waals surface area contributed by atoms with Crippen LogP contribution in [0.5, 0.6) is 0 Å². The van der Waals surface area contributed by atoms with Crippen molar-refractivity contribution in [1.29, 1.82) is 0 Å². The van der Waals surface area contributed by atoms with Crippen LogP contribution in [0.2, 0.25) is 0 Å². The van der Waals surface area contributed by atoms with Gasteiger partial charge in [0.2, 0.25) is 0 Å². The Bertz CT molecular complexity index is 340. The minimum Gasteiger partial charge on any atom is -0.394 e. The molecule has 0 bridgehead atoms. The molecule has 2 rings (SSSR count). The molecule has 2 N–H and O–H groups in total. The first kappa shape index (κ1) is 12.5. The fraction of sp³-hybridized carbons (Fsp3) is 0.750. The Kier molecular flexibility index (Phi) is 4.53. The predicted molar refractivity (Wildman–Crippen MR) is 64.5 cm³/mol.